The third-order valence-electron chi connectivity index (χ3n) is 4.00. The van der Waals surface area contributed by atoms with Gasteiger partial charge >= 0.3 is 0 Å². The standard InChI is InChI=1S/C17H15N3O2S/c18-23(21,22)17(15-9-11-5-1-3-7-13(11)19-15)16-10-12-6-2-4-8-14(12)20-16/h1-10,17,19-20H,(H2,18,21,22). The molecule has 5 nitrogen and oxygen atoms in total. The van der Waals surface area contributed by atoms with Crippen molar-refractivity contribution in [3.05, 3.63) is 72.1 Å². The van der Waals surface area contributed by atoms with Gasteiger partial charge in [0.25, 0.3) is 0 Å². The van der Waals surface area contributed by atoms with Crippen LogP contribution >= 0.6 is 0 Å². The Morgan fingerprint density at radius 2 is 1.22 bits per heavy atom. The molecule has 4 rings (SSSR count). The van der Waals surface area contributed by atoms with Crippen LogP contribution in [0.2, 0.25) is 0 Å². The number of aromatic amines is 2. The first-order chi connectivity index (χ1) is 11.0. The van der Waals surface area contributed by atoms with Crippen molar-refractivity contribution < 1.29 is 8.42 Å². The van der Waals surface area contributed by atoms with E-state index in [0.29, 0.717) is 11.4 Å². The first-order valence-corrected chi connectivity index (χ1v) is 8.80. The van der Waals surface area contributed by atoms with Gasteiger partial charge in [-0.2, -0.15) is 0 Å². The molecule has 0 unspecified atom stereocenters. The molecule has 0 radical (unpaired) electrons. The van der Waals surface area contributed by atoms with Crippen molar-refractivity contribution in [2.75, 3.05) is 0 Å². The number of fused-ring (bicyclic) bond motifs is 2. The van der Waals surface area contributed by atoms with Crippen molar-refractivity contribution in [1.29, 1.82) is 0 Å². The third kappa shape index (κ3) is 2.42. The molecular weight excluding hydrogens is 310 g/mol. The molecule has 116 valence electrons. The summed E-state index contributed by atoms with van der Waals surface area (Å²) >= 11 is 0. The first-order valence-electron chi connectivity index (χ1n) is 7.19. The summed E-state index contributed by atoms with van der Waals surface area (Å²) in [6.07, 6.45) is 0. The predicted octanol–water partition coefficient (Wildman–Crippen LogP) is 3.03. The quantitative estimate of drug-likeness (QED) is 0.540. The van der Waals surface area contributed by atoms with Gasteiger partial charge in [-0.05, 0) is 35.0 Å². The summed E-state index contributed by atoms with van der Waals surface area (Å²) in [5.41, 5.74) is 2.88. The number of sulfonamides is 1. The summed E-state index contributed by atoms with van der Waals surface area (Å²) in [7, 11) is -3.83. The van der Waals surface area contributed by atoms with Crippen LogP contribution in [0.4, 0.5) is 0 Å². The van der Waals surface area contributed by atoms with Crippen molar-refractivity contribution in [1.82, 2.24) is 9.97 Å². The highest BCUT2D eigenvalue weighted by molar-refractivity contribution is 7.89. The maximum absolute atomic E-state index is 12.2. The molecule has 0 aliphatic rings. The average Bonchev–Trinajstić information content (AvgIpc) is 3.08. The Bertz CT molecular complexity index is 969. The van der Waals surface area contributed by atoms with E-state index in [-0.39, 0.29) is 0 Å². The van der Waals surface area contributed by atoms with Gasteiger partial charge in [0.1, 0.15) is 0 Å². The van der Waals surface area contributed by atoms with Gasteiger partial charge in [-0.3, -0.25) is 0 Å². The number of H-pyrrole nitrogens is 2. The van der Waals surface area contributed by atoms with Gasteiger partial charge in [-0.25, -0.2) is 13.6 Å². The number of para-hydroxylation sites is 2. The molecule has 0 amide bonds. The van der Waals surface area contributed by atoms with Crippen LogP contribution in [0.5, 0.6) is 0 Å². The molecule has 0 fully saturated rings. The number of hydrogen-bond donors (Lipinski definition) is 3. The number of nitrogens with one attached hydrogen (secondary N) is 2. The van der Waals surface area contributed by atoms with E-state index in [9.17, 15) is 8.42 Å². The molecule has 0 aliphatic carbocycles. The monoisotopic (exact) mass is 325 g/mol. The summed E-state index contributed by atoms with van der Waals surface area (Å²) in [5.74, 6) is 0. The third-order valence-corrected chi connectivity index (χ3v) is 5.16. The molecule has 6 heteroatoms. The van der Waals surface area contributed by atoms with Crippen molar-refractivity contribution in [3.8, 4) is 0 Å². The van der Waals surface area contributed by atoms with Crippen LogP contribution in [0.1, 0.15) is 16.6 Å². The molecule has 0 saturated carbocycles. The maximum Gasteiger partial charge on any atom is 0.223 e. The van der Waals surface area contributed by atoms with Crippen LogP contribution < -0.4 is 5.14 Å². The minimum atomic E-state index is -3.83. The summed E-state index contributed by atoms with van der Waals surface area (Å²) in [4.78, 5) is 6.33. The van der Waals surface area contributed by atoms with Gasteiger partial charge in [-0.15, -0.1) is 0 Å². The lowest BCUT2D eigenvalue weighted by molar-refractivity contribution is 0.589. The highest BCUT2D eigenvalue weighted by Gasteiger charge is 2.29. The fraction of sp³-hybridized carbons (Fsp3) is 0.0588. The van der Waals surface area contributed by atoms with Crippen LogP contribution in [0.3, 0.4) is 0 Å². The average molecular weight is 325 g/mol. The van der Waals surface area contributed by atoms with E-state index in [0.717, 1.165) is 21.8 Å². The zero-order chi connectivity index (χ0) is 16.0. The Morgan fingerprint density at radius 1 is 0.783 bits per heavy atom. The molecule has 0 aliphatic heterocycles. The van der Waals surface area contributed by atoms with Crippen LogP contribution in [0.15, 0.2) is 60.7 Å². The number of benzene rings is 2. The molecular formula is C17H15N3O2S. The highest BCUT2D eigenvalue weighted by Crippen LogP contribution is 2.31. The van der Waals surface area contributed by atoms with Crippen molar-refractivity contribution in [3.63, 3.8) is 0 Å². The molecule has 0 bridgehead atoms. The van der Waals surface area contributed by atoms with E-state index in [1.807, 2.05) is 60.7 Å². The van der Waals surface area contributed by atoms with Gasteiger partial charge in [0, 0.05) is 22.4 Å². The summed E-state index contributed by atoms with van der Waals surface area (Å²) in [5, 5.41) is 6.47. The zero-order valence-electron chi connectivity index (χ0n) is 12.2. The molecule has 0 atom stereocenters. The number of primary sulfonamides is 1. The second-order valence-corrected chi connectivity index (χ2v) is 7.24. The fourth-order valence-electron chi connectivity index (χ4n) is 3.00. The first kappa shape index (κ1) is 14.0. The topological polar surface area (TPSA) is 91.7 Å². The Kier molecular flexibility index (Phi) is 3.04. The Balaban J connectivity index is 1.93. The minimum absolute atomic E-state index is 0.556. The van der Waals surface area contributed by atoms with E-state index >= 15 is 0 Å². The smallest absolute Gasteiger partial charge is 0.223 e. The number of hydrogen-bond acceptors (Lipinski definition) is 2. The molecule has 4 aromatic rings. The van der Waals surface area contributed by atoms with Crippen molar-refractivity contribution in [2.45, 2.75) is 5.25 Å². The molecule has 23 heavy (non-hydrogen) atoms. The lowest BCUT2D eigenvalue weighted by atomic mass is 10.2. The molecule has 2 aromatic heterocycles. The predicted molar refractivity (Wildman–Crippen MR) is 91.5 cm³/mol. The van der Waals surface area contributed by atoms with Crippen LogP contribution in [-0.2, 0) is 10.0 Å². The largest absolute Gasteiger partial charge is 0.357 e. The molecule has 2 heterocycles. The van der Waals surface area contributed by atoms with E-state index in [1.165, 1.54) is 0 Å². The molecule has 4 N–H and O–H groups in total. The lowest BCUT2D eigenvalue weighted by Gasteiger charge is -2.11. The van der Waals surface area contributed by atoms with Gasteiger partial charge in [0.2, 0.25) is 10.0 Å². The zero-order valence-corrected chi connectivity index (χ0v) is 13.0. The lowest BCUT2D eigenvalue weighted by Crippen LogP contribution is -2.23. The van der Waals surface area contributed by atoms with Gasteiger partial charge in [-0.1, -0.05) is 36.4 Å². The van der Waals surface area contributed by atoms with Crippen LogP contribution in [0.25, 0.3) is 21.8 Å². The van der Waals surface area contributed by atoms with Crippen LogP contribution in [0, 0.1) is 0 Å². The normalized spacial score (nSPS) is 12.4. The van der Waals surface area contributed by atoms with Crippen molar-refractivity contribution >= 4 is 31.8 Å². The SMILES string of the molecule is NS(=O)(=O)C(c1cc2ccccc2[nH]1)c1cc2ccccc2[nH]1. The van der Waals surface area contributed by atoms with E-state index in [4.69, 9.17) is 5.14 Å². The van der Waals surface area contributed by atoms with E-state index in [2.05, 4.69) is 9.97 Å². The van der Waals surface area contributed by atoms with Crippen LogP contribution in [-0.4, -0.2) is 18.4 Å². The minimum Gasteiger partial charge on any atom is -0.357 e. The molecule has 0 saturated heterocycles. The summed E-state index contributed by atoms with van der Waals surface area (Å²) in [6, 6.07) is 19.0. The van der Waals surface area contributed by atoms with Gasteiger partial charge in [0.15, 0.2) is 5.25 Å². The maximum atomic E-state index is 12.2. The van der Waals surface area contributed by atoms with Gasteiger partial charge < -0.3 is 9.97 Å². The Morgan fingerprint density at radius 3 is 1.61 bits per heavy atom. The number of nitrogens with two attached hydrogens (primary N) is 1. The molecule has 0 spiro atoms. The van der Waals surface area contributed by atoms with E-state index in [1.54, 1.807) is 0 Å². The van der Waals surface area contributed by atoms with Gasteiger partial charge in [0.05, 0.1) is 0 Å². The Hall–Kier alpha value is -2.57. The highest BCUT2D eigenvalue weighted by atomic mass is 32.2. The fourth-order valence-corrected chi connectivity index (χ4v) is 3.96. The second kappa shape index (κ2) is 4.97. The molecule has 2 aromatic carbocycles. The number of aromatic nitrogens is 2. The second-order valence-electron chi connectivity index (χ2n) is 5.59. The summed E-state index contributed by atoms with van der Waals surface area (Å²) in [6.45, 7) is 0. The van der Waals surface area contributed by atoms with E-state index < -0.39 is 15.3 Å². The number of rotatable bonds is 3. The summed E-state index contributed by atoms with van der Waals surface area (Å²) < 4.78 is 24.4. The van der Waals surface area contributed by atoms with Crippen molar-refractivity contribution in [2.24, 2.45) is 5.14 Å². The Labute approximate surface area is 133 Å².